The molecule has 1 N–H and O–H groups in total. The monoisotopic (exact) mass is 340 g/mol. The lowest BCUT2D eigenvalue weighted by Crippen LogP contribution is -2.20. The summed E-state index contributed by atoms with van der Waals surface area (Å²) in [5, 5.41) is 4.20. The number of amides is 1. The van der Waals surface area contributed by atoms with Crippen molar-refractivity contribution in [2.75, 3.05) is 11.9 Å². The van der Waals surface area contributed by atoms with Gasteiger partial charge in [0, 0.05) is 11.6 Å². The van der Waals surface area contributed by atoms with Gasteiger partial charge in [-0.25, -0.2) is 0 Å². The first-order chi connectivity index (χ1) is 11.5. The largest absolute Gasteiger partial charge is 0.483 e. The van der Waals surface area contributed by atoms with Crippen molar-refractivity contribution in [3.63, 3.8) is 0 Å². The Balaban J connectivity index is 1.74. The Kier molecular flexibility index (Phi) is 4.67. The Morgan fingerprint density at radius 3 is 2.88 bits per heavy atom. The quantitative estimate of drug-likeness (QED) is 0.759. The van der Waals surface area contributed by atoms with Crippen molar-refractivity contribution in [2.24, 2.45) is 0 Å². The second-order valence-corrected chi connectivity index (χ2v) is 6.01. The highest BCUT2D eigenvalue weighted by Crippen LogP contribution is 2.27. The van der Waals surface area contributed by atoms with Crippen LogP contribution in [0.25, 0.3) is 10.9 Å². The first-order valence-corrected chi connectivity index (χ1v) is 7.95. The number of halogens is 1. The van der Waals surface area contributed by atoms with Crippen LogP contribution in [0.3, 0.4) is 0 Å². The number of aryl methyl sites for hydroxylation is 2. The average Bonchev–Trinajstić information content (AvgIpc) is 2.57. The molecular formula is C19H17ClN2O2. The van der Waals surface area contributed by atoms with Crippen LogP contribution < -0.4 is 10.1 Å². The number of carbonyl (C=O) groups is 1. The Morgan fingerprint density at radius 2 is 2.04 bits per heavy atom. The van der Waals surface area contributed by atoms with E-state index in [9.17, 15) is 4.79 Å². The summed E-state index contributed by atoms with van der Waals surface area (Å²) in [4.78, 5) is 16.5. The minimum Gasteiger partial charge on any atom is -0.483 e. The van der Waals surface area contributed by atoms with Crippen molar-refractivity contribution in [2.45, 2.75) is 13.8 Å². The van der Waals surface area contributed by atoms with Gasteiger partial charge in [0.25, 0.3) is 5.91 Å². The van der Waals surface area contributed by atoms with Crippen molar-refractivity contribution in [1.82, 2.24) is 4.98 Å². The van der Waals surface area contributed by atoms with Crippen molar-refractivity contribution in [3.05, 3.63) is 64.8 Å². The van der Waals surface area contributed by atoms with Gasteiger partial charge in [-0.2, -0.15) is 0 Å². The number of benzene rings is 2. The molecule has 1 aromatic heterocycles. The standard InChI is InChI=1S/C19H17ClN2O2/c1-12-6-7-13(2)17(10-12)24-11-18(23)22-16-8-9-21-19-14(16)4-3-5-15(19)20/h3-10H,11H2,1-2H3,(H,21,22,23). The zero-order chi connectivity index (χ0) is 17.1. The van der Waals surface area contributed by atoms with Crippen molar-refractivity contribution in [1.29, 1.82) is 0 Å². The first-order valence-electron chi connectivity index (χ1n) is 7.58. The average molecular weight is 341 g/mol. The summed E-state index contributed by atoms with van der Waals surface area (Å²) < 4.78 is 5.63. The minimum atomic E-state index is -0.233. The van der Waals surface area contributed by atoms with Gasteiger partial charge in [-0.05, 0) is 43.2 Å². The summed E-state index contributed by atoms with van der Waals surface area (Å²) in [7, 11) is 0. The summed E-state index contributed by atoms with van der Waals surface area (Å²) in [5.74, 6) is 0.483. The molecular weight excluding hydrogens is 324 g/mol. The number of ether oxygens (including phenoxy) is 1. The van der Waals surface area contributed by atoms with E-state index in [1.165, 1.54) is 0 Å². The van der Waals surface area contributed by atoms with Gasteiger partial charge >= 0.3 is 0 Å². The maximum absolute atomic E-state index is 12.2. The number of anilines is 1. The third kappa shape index (κ3) is 3.49. The summed E-state index contributed by atoms with van der Waals surface area (Å²) in [5.41, 5.74) is 3.41. The normalized spacial score (nSPS) is 10.6. The fraction of sp³-hybridized carbons (Fsp3) is 0.158. The molecule has 0 fully saturated rings. The van der Waals surface area contributed by atoms with Gasteiger partial charge < -0.3 is 10.1 Å². The Bertz CT molecular complexity index is 909. The number of hydrogen-bond donors (Lipinski definition) is 1. The van der Waals surface area contributed by atoms with Gasteiger partial charge in [-0.1, -0.05) is 35.9 Å². The topological polar surface area (TPSA) is 51.2 Å². The van der Waals surface area contributed by atoms with Gasteiger partial charge in [0.2, 0.25) is 0 Å². The molecule has 122 valence electrons. The molecule has 0 radical (unpaired) electrons. The van der Waals surface area contributed by atoms with Crippen LogP contribution in [0.5, 0.6) is 5.75 Å². The zero-order valence-corrected chi connectivity index (χ0v) is 14.2. The van der Waals surface area contributed by atoms with E-state index in [0.29, 0.717) is 22.0 Å². The van der Waals surface area contributed by atoms with E-state index in [4.69, 9.17) is 16.3 Å². The summed E-state index contributed by atoms with van der Waals surface area (Å²) in [6.07, 6.45) is 1.62. The van der Waals surface area contributed by atoms with E-state index in [2.05, 4.69) is 10.3 Å². The van der Waals surface area contributed by atoms with Crippen LogP contribution in [-0.2, 0) is 4.79 Å². The molecule has 0 aliphatic rings. The zero-order valence-electron chi connectivity index (χ0n) is 13.5. The number of carbonyl (C=O) groups excluding carboxylic acids is 1. The molecule has 0 aliphatic heterocycles. The number of para-hydroxylation sites is 1. The third-order valence-corrected chi connectivity index (χ3v) is 4.00. The lowest BCUT2D eigenvalue weighted by Gasteiger charge is -2.11. The molecule has 1 amide bonds. The summed E-state index contributed by atoms with van der Waals surface area (Å²) in [6, 6.07) is 13.1. The first kappa shape index (κ1) is 16.3. The lowest BCUT2D eigenvalue weighted by molar-refractivity contribution is -0.118. The molecule has 24 heavy (non-hydrogen) atoms. The molecule has 3 aromatic rings. The Labute approximate surface area is 145 Å². The SMILES string of the molecule is Cc1ccc(C)c(OCC(=O)Nc2ccnc3c(Cl)cccc23)c1. The Morgan fingerprint density at radius 1 is 1.21 bits per heavy atom. The molecule has 2 aromatic carbocycles. The fourth-order valence-electron chi connectivity index (χ4n) is 2.44. The maximum atomic E-state index is 12.2. The van der Waals surface area contributed by atoms with Gasteiger partial charge in [0.15, 0.2) is 6.61 Å². The van der Waals surface area contributed by atoms with Gasteiger partial charge in [0.05, 0.1) is 16.2 Å². The van der Waals surface area contributed by atoms with E-state index in [1.54, 1.807) is 18.3 Å². The molecule has 1 heterocycles. The molecule has 0 bridgehead atoms. The van der Waals surface area contributed by atoms with Crippen LogP contribution >= 0.6 is 11.6 Å². The van der Waals surface area contributed by atoms with Crippen LogP contribution in [0.1, 0.15) is 11.1 Å². The number of fused-ring (bicyclic) bond motifs is 1. The smallest absolute Gasteiger partial charge is 0.262 e. The van der Waals surface area contributed by atoms with Crippen LogP contribution in [0.15, 0.2) is 48.7 Å². The van der Waals surface area contributed by atoms with Crippen molar-refractivity contribution < 1.29 is 9.53 Å². The maximum Gasteiger partial charge on any atom is 0.262 e. The fourth-order valence-corrected chi connectivity index (χ4v) is 2.66. The number of aromatic nitrogens is 1. The molecule has 3 rings (SSSR count). The number of nitrogens with zero attached hydrogens (tertiary/aromatic N) is 1. The lowest BCUT2D eigenvalue weighted by atomic mass is 10.1. The van der Waals surface area contributed by atoms with Gasteiger partial charge in [-0.3, -0.25) is 9.78 Å². The third-order valence-electron chi connectivity index (χ3n) is 3.70. The van der Waals surface area contributed by atoms with Gasteiger partial charge in [-0.15, -0.1) is 0 Å². The highest BCUT2D eigenvalue weighted by atomic mass is 35.5. The molecule has 0 atom stereocenters. The molecule has 0 aliphatic carbocycles. The molecule has 0 saturated carbocycles. The molecule has 0 unspecified atom stereocenters. The second kappa shape index (κ2) is 6.89. The number of hydrogen-bond acceptors (Lipinski definition) is 3. The van der Waals surface area contributed by atoms with E-state index in [0.717, 1.165) is 16.5 Å². The predicted octanol–water partition coefficient (Wildman–Crippen LogP) is 4.52. The Hall–Kier alpha value is -2.59. The predicted molar refractivity (Wildman–Crippen MR) is 96.8 cm³/mol. The number of pyridine rings is 1. The summed E-state index contributed by atoms with van der Waals surface area (Å²) >= 11 is 6.14. The highest BCUT2D eigenvalue weighted by molar-refractivity contribution is 6.35. The minimum absolute atomic E-state index is 0.0608. The van der Waals surface area contributed by atoms with E-state index < -0.39 is 0 Å². The van der Waals surface area contributed by atoms with Crippen molar-refractivity contribution in [3.8, 4) is 5.75 Å². The van der Waals surface area contributed by atoms with E-state index in [-0.39, 0.29) is 12.5 Å². The second-order valence-electron chi connectivity index (χ2n) is 5.60. The van der Waals surface area contributed by atoms with Crippen LogP contribution in [0.2, 0.25) is 5.02 Å². The molecule has 5 heteroatoms. The van der Waals surface area contributed by atoms with Crippen molar-refractivity contribution >= 4 is 34.1 Å². The van der Waals surface area contributed by atoms with Crippen LogP contribution in [-0.4, -0.2) is 17.5 Å². The van der Waals surface area contributed by atoms with Crippen LogP contribution in [0, 0.1) is 13.8 Å². The summed E-state index contributed by atoms with van der Waals surface area (Å²) in [6.45, 7) is 3.87. The van der Waals surface area contributed by atoms with E-state index in [1.807, 2.05) is 44.2 Å². The molecule has 0 saturated heterocycles. The number of rotatable bonds is 4. The molecule has 4 nitrogen and oxygen atoms in total. The van der Waals surface area contributed by atoms with E-state index >= 15 is 0 Å². The highest BCUT2D eigenvalue weighted by Gasteiger charge is 2.09. The number of nitrogens with one attached hydrogen (secondary N) is 1. The van der Waals surface area contributed by atoms with Crippen LogP contribution in [0.4, 0.5) is 5.69 Å². The van der Waals surface area contributed by atoms with Gasteiger partial charge in [0.1, 0.15) is 5.75 Å². The molecule has 0 spiro atoms.